The van der Waals surface area contributed by atoms with E-state index in [9.17, 15) is 14.7 Å². The van der Waals surface area contributed by atoms with Gasteiger partial charge in [-0.2, -0.15) is 0 Å². The van der Waals surface area contributed by atoms with Crippen LogP contribution in [0.1, 0.15) is 28.4 Å². The summed E-state index contributed by atoms with van der Waals surface area (Å²) >= 11 is 0. The molecule has 2 rings (SSSR count). The number of carboxylic acids is 1. The molecule has 0 aliphatic heterocycles. The van der Waals surface area contributed by atoms with Crippen molar-refractivity contribution in [3.63, 3.8) is 0 Å². The minimum Gasteiger partial charge on any atom is -0.508 e. The number of aliphatic carboxylic acids is 1. The highest BCUT2D eigenvalue weighted by Crippen LogP contribution is 2.13. The minimum atomic E-state index is -1.07. The molecule has 0 bridgehead atoms. The van der Waals surface area contributed by atoms with Crippen molar-refractivity contribution < 1.29 is 19.8 Å². The van der Waals surface area contributed by atoms with E-state index in [4.69, 9.17) is 5.11 Å². The number of phenolic OH excluding ortho intramolecular Hbond substituents is 1. The van der Waals surface area contributed by atoms with Gasteiger partial charge in [0.05, 0.1) is 0 Å². The number of phenols is 1. The fourth-order valence-electron chi connectivity index (χ4n) is 2.16. The fraction of sp³-hybridized carbons (Fsp3) is 0.222. The van der Waals surface area contributed by atoms with Gasteiger partial charge in [0, 0.05) is 5.56 Å². The van der Waals surface area contributed by atoms with Crippen molar-refractivity contribution >= 4 is 11.9 Å². The number of benzene rings is 2. The van der Waals surface area contributed by atoms with Crippen molar-refractivity contribution in [2.24, 2.45) is 0 Å². The number of carboxylic acid groups (broad SMARTS) is 1. The van der Waals surface area contributed by atoms with Crippen molar-refractivity contribution in [2.45, 2.75) is 25.8 Å². The number of aryl methyl sites for hydroxylation is 2. The normalized spacial score (nSPS) is 11.7. The van der Waals surface area contributed by atoms with Gasteiger partial charge in [0.2, 0.25) is 0 Å². The first-order valence-electron chi connectivity index (χ1n) is 7.36. The van der Waals surface area contributed by atoms with Crippen molar-refractivity contribution in [3.05, 3.63) is 65.2 Å². The Labute approximate surface area is 134 Å². The van der Waals surface area contributed by atoms with Crippen molar-refractivity contribution in [1.82, 2.24) is 5.32 Å². The van der Waals surface area contributed by atoms with E-state index >= 15 is 0 Å². The molecule has 0 radical (unpaired) electrons. The van der Waals surface area contributed by atoms with Crippen LogP contribution in [-0.2, 0) is 17.6 Å². The minimum absolute atomic E-state index is 0.236. The average Bonchev–Trinajstić information content (AvgIpc) is 2.54. The molecule has 1 amide bonds. The Morgan fingerprint density at radius 3 is 2.35 bits per heavy atom. The van der Waals surface area contributed by atoms with E-state index in [1.54, 1.807) is 30.3 Å². The first kappa shape index (κ1) is 16.5. The van der Waals surface area contributed by atoms with E-state index in [-0.39, 0.29) is 5.75 Å². The summed E-state index contributed by atoms with van der Waals surface area (Å²) in [6.07, 6.45) is 1.54. The predicted octanol–water partition coefficient (Wildman–Crippen LogP) is 2.38. The Hall–Kier alpha value is -2.82. The Morgan fingerprint density at radius 2 is 1.70 bits per heavy atom. The lowest BCUT2D eigenvalue weighted by molar-refractivity contribution is -0.138. The number of nitrogens with one attached hydrogen (secondary N) is 1. The summed E-state index contributed by atoms with van der Waals surface area (Å²) in [5, 5.41) is 20.5. The number of carbonyl (C=O) groups excluding carboxylic acids is 1. The third kappa shape index (κ3) is 4.85. The van der Waals surface area contributed by atoms with Crippen molar-refractivity contribution in [1.29, 1.82) is 0 Å². The summed E-state index contributed by atoms with van der Waals surface area (Å²) in [6, 6.07) is 13.2. The molecule has 0 fully saturated rings. The number of amides is 1. The standard InChI is InChI=1S/C18H19NO4/c1-12(18(22)23)19-17(21)15-4-2-3-14(11-15)6-5-13-7-9-16(20)10-8-13/h2-4,7-12,20H,5-6H2,1H3,(H,19,21)(H,22,23). The highest BCUT2D eigenvalue weighted by molar-refractivity contribution is 5.96. The largest absolute Gasteiger partial charge is 0.508 e. The molecule has 5 nitrogen and oxygen atoms in total. The van der Waals surface area contributed by atoms with Crippen LogP contribution in [0.5, 0.6) is 5.75 Å². The van der Waals surface area contributed by atoms with Gasteiger partial charge in [0.1, 0.15) is 11.8 Å². The predicted molar refractivity (Wildman–Crippen MR) is 86.5 cm³/mol. The second kappa shape index (κ2) is 7.45. The monoisotopic (exact) mass is 313 g/mol. The van der Waals surface area contributed by atoms with Crippen LogP contribution in [0.4, 0.5) is 0 Å². The molecule has 0 saturated heterocycles. The summed E-state index contributed by atoms with van der Waals surface area (Å²) in [5.41, 5.74) is 2.53. The Balaban J connectivity index is 2.00. The zero-order chi connectivity index (χ0) is 16.8. The number of hydrogen-bond acceptors (Lipinski definition) is 3. The number of rotatable bonds is 6. The van der Waals surface area contributed by atoms with Gasteiger partial charge >= 0.3 is 5.97 Å². The fourth-order valence-corrected chi connectivity index (χ4v) is 2.16. The number of aromatic hydroxyl groups is 1. The highest BCUT2D eigenvalue weighted by atomic mass is 16.4. The second-order valence-corrected chi connectivity index (χ2v) is 5.40. The Bertz CT molecular complexity index is 694. The van der Waals surface area contributed by atoms with E-state index in [2.05, 4.69) is 5.32 Å². The highest BCUT2D eigenvalue weighted by Gasteiger charge is 2.15. The van der Waals surface area contributed by atoms with E-state index < -0.39 is 17.9 Å². The third-order valence-corrected chi connectivity index (χ3v) is 3.55. The van der Waals surface area contributed by atoms with Crippen LogP contribution in [0.3, 0.4) is 0 Å². The van der Waals surface area contributed by atoms with Gasteiger partial charge in [-0.25, -0.2) is 0 Å². The zero-order valence-electron chi connectivity index (χ0n) is 12.8. The summed E-state index contributed by atoms with van der Waals surface area (Å²) in [7, 11) is 0. The quantitative estimate of drug-likeness (QED) is 0.764. The number of hydrogen-bond donors (Lipinski definition) is 3. The molecule has 3 N–H and O–H groups in total. The molecule has 0 spiro atoms. The van der Waals surface area contributed by atoms with Gasteiger partial charge in [-0.05, 0) is 55.2 Å². The lowest BCUT2D eigenvalue weighted by Gasteiger charge is -2.10. The van der Waals surface area contributed by atoms with Crippen molar-refractivity contribution in [2.75, 3.05) is 0 Å². The maximum Gasteiger partial charge on any atom is 0.325 e. The van der Waals surface area contributed by atoms with Crippen molar-refractivity contribution in [3.8, 4) is 5.75 Å². The van der Waals surface area contributed by atoms with Crippen LogP contribution in [0.2, 0.25) is 0 Å². The molecule has 2 aromatic carbocycles. The van der Waals surface area contributed by atoms with Gasteiger partial charge in [-0.15, -0.1) is 0 Å². The summed E-state index contributed by atoms with van der Waals surface area (Å²) in [4.78, 5) is 22.8. The lowest BCUT2D eigenvalue weighted by atomic mass is 10.0. The maximum absolute atomic E-state index is 12.0. The maximum atomic E-state index is 12.0. The van der Waals surface area contributed by atoms with Gasteiger partial charge in [-0.3, -0.25) is 9.59 Å². The van der Waals surface area contributed by atoms with E-state index in [1.807, 2.05) is 18.2 Å². The average molecular weight is 313 g/mol. The van der Waals surface area contributed by atoms with Crippen LogP contribution in [-0.4, -0.2) is 28.1 Å². The summed E-state index contributed by atoms with van der Waals surface area (Å²) in [5.74, 6) is -1.23. The second-order valence-electron chi connectivity index (χ2n) is 5.40. The molecule has 5 heteroatoms. The molecule has 0 aliphatic rings. The van der Waals surface area contributed by atoms with E-state index in [0.717, 1.165) is 24.0 Å². The summed E-state index contributed by atoms with van der Waals surface area (Å²) in [6.45, 7) is 1.43. The Kier molecular flexibility index (Phi) is 5.36. The lowest BCUT2D eigenvalue weighted by Crippen LogP contribution is -2.38. The smallest absolute Gasteiger partial charge is 0.325 e. The third-order valence-electron chi connectivity index (χ3n) is 3.55. The first-order valence-corrected chi connectivity index (χ1v) is 7.36. The molecular formula is C18H19NO4. The Morgan fingerprint density at radius 1 is 1.04 bits per heavy atom. The molecule has 120 valence electrons. The molecular weight excluding hydrogens is 294 g/mol. The van der Waals surface area contributed by atoms with Gasteiger partial charge in [-0.1, -0.05) is 24.3 Å². The first-order chi connectivity index (χ1) is 11.0. The number of carbonyl (C=O) groups is 2. The molecule has 1 unspecified atom stereocenters. The zero-order valence-corrected chi connectivity index (χ0v) is 12.8. The van der Waals surface area contributed by atoms with Crippen LogP contribution < -0.4 is 5.32 Å². The molecule has 23 heavy (non-hydrogen) atoms. The van der Waals surface area contributed by atoms with Gasteiger partial charge in [0.15, 0.2) is 0 Å². The topological polar surface area (TPSA) is 86.6 Å². The molecule has 2 aromatic rings. The molecule has 1 atom stereocenters. The van der Waals surface area contributed by atoms with E-state index in [0.29, 0.717) is 5.56 Å². The molecule has 0 aromatic heterocycles. The SMILES string of the molecule is CC(NC(=O)c1cccc(CCc2ccc(O)cc2)c1)C(=O)O. The molecule has 0 saturated carbocycles. The van der Waals surface area contributed by atoms with E-state index in [1.165, 1.54) is 6.92 Å². The van der Waals surface area contributed by atoms with Crippen LogP contribution >= 0.6 is 0 Å². The van der Waals surface area contributed by atoms with Crippen LogP contribution in [0.25, 0.3) is 0 Å². The van der Waals surface area contributed by atoms with Crippen LogP contribution in [0, 0.1) is 0 Å². The van der Waals surface area contributed by atoms with Gasteiger partial charge in [0.25, 0.3) is 5.91 Å². The van der Waals surface area contributed by atoms with Crippen LogP contribution in [0.15, 0.2) is 48.5 Å². The van der Waals surface area contributed by atoms with Gasteiger partial charge < -0.3 is 15.5 Å². The summed E-state index contributed by atoms with van der Waals surface area (Å²) < 4.78 is 0. The molecule has 0 heterocycles. The molecule has 0 aliphatic carbocycles.